The lowest BCUT2D eigenvalue weighted by Crippen LogP contribution is -2.49. The van der Waals surface area contributed by atoms with Crippen molar-refractivity contribution in [1.82, 2.24) is 4.90 Å². The van der Waals surface area contributed by atoms with Crippen molar-refractivity contribution in [3.8, 4) is 0 Å². The van der Waals surface area contributed by atoms with Gasteiger partial charge in [0.25, 0.3) is 0 Å². The average molecular weight is 431 g/mol. The number of allylic oxidation sites excluding steroid dienone is 1. The molecule has 0 bridgehead atoms. The van der Waals surface area contributed by atoms with Crippen molar-refractivity contribution in [1.29, 1.82) is 0 Å². The summed E-state index contributed by atoms with van der Waals surface area (Å²) in [6.45, 7) is 4.47. The monoisotopic (exact) mass is 430 g/mol. The Labute approximate surface area is 187 Å². The normalized spacial score (nSPS) is 26.0. The van der Waals surface area contributed by atoms with Crippen molar-refractivity contribution in [2.24, 2.45) is 11.8 Å². The molecular weight excluding hydrogens is 404 g/mol. The van der Waals surface area contributed by atoms with Crippen LogP contribution in [0.2, 0.25) is 0 Å². The number of methoxy groups -OCH3 is 1. The van der Waals surface area contributed by atoms with Crippen LogP contribution < -0.4 is 4.90 Å². The predicted octanol–water partition coefficient (Wildman–Crippen LogP) is 3.10. The van der Waals surface area contributed by atoms with E-state index in [-0.39, 0.29) is 36.8 Å². The summed E-state index contributed by atoms with van der Waals surface area (Å²) in [6, 6.07) is 14.2. The van der Waals surface area contributed by atoms with Crippen molar-refractivity contribution in [3.05, 3.63) is 71.3 Å². The maximum absolute atomic E-state index is 13.9. The molecule has 3 aliphatic heterocycles. The van der Waals surface area contributed by atoms with Gasteiger partial charge in [0.05, 0.1) is 31.0 Å². The molecule has 4 atom stereocenters. The number of ether oxygens (including phenoxy) is 1. The minimum Gasteiger partial charge on any atom is -0.383 e. The Morgan fingerprint density at radius 2 is 1.66 bits per heavy atom. The van der Waals surface area contributed by atoms with Crippen LogP contribution in [0.15, 0.2) is 54.6 Å². The van der Waals surface area contributed by atoms with Crippen molar-refractivity contribution < 1.29 is 19.1 Å². The fourth-order valence-corrected chi connectivity index (χ4v) is 5.45. The molecule has 0 spiro atoms. The summed E-state index contributed by atoms with van der Waals surface area (Å²) in [4.78, 5) is 44.1. The first-order valence-electron chi connectivity index (χ1n) is 10.9. The number of hydrogen-bond donors (Lipinski definition) is 0. The molecule has 5 rings (SSSR count). The number of Topliss-reactive ketones (excluding diaryl/α,β-unsaturated/α-hetero) is 1. The van der Waals surface area contributed by atoms with E-state index in [2.05, 4.69) is 0 Å². The van der Waals surface area contributed by atoms with Crippen molar-refractivity contribution in [2.75, 3.05) is 25.2 Å². The summed E-state index contributed by atoms with van der Waals surface area (Å²) < 4.78 is 5.11. The Morgan fingerprint density at radius 3 is 2.38 bits per heavy atom. The zero-order valence-electron chi connectivity index (χ0n) is 18.4. The first kappa shape index (κ1) is 20.6. The van der Waals surface area contributed by atoms with Crippen LogP contribution in [0.5, 0.6) is 0 Å². The van der Waals surface area contributed by atoms with Gasteiger partial charge in [0, 0.05) is 23.9 Å². The Kier molecular flexibility index (Phi) is 4.97. The molecule has 0 N–H and O–H groups in total. The number of hydrogen-bond acceptors (Lipinski definition) is 5. The number of anilines is 1. The van der Waals surface area contributed by atoms with E-state index in [1.54, 1.807) is 19.2 Å². The lowest BCUT2D eigenvalue weighted by molar-refractivity contribution is -0.141. The number of carbonyl (C=O) groups excluding carboxylic acids is 3. The van der Waals surface area contributed by atoms with Crippen LogP contribution in [-0.2, 0) is 14.3 Å². The number of nitrogens with zero attached hydrogens (tertiary/aromatic N) is 2. The second-order valence-corrected chi connectivity index (χ2v) is 8.81. The van der Waals surface area contributed by atoms with E-state index in [0.29, 0.717) is 5.56 Å². The number of rotatable bonds is 5. The zero-order chi connectivity index (χ0) is 22.6. The highest BCUT2D eigenvalue weighted by Crippen LogP contribution is 2.50. The third-order valence-corrected chi connectivity index (χ3v) is 6.97. The second kappa shape index (κ2) is 7.71. The summed E-state index contributed by atoms with van der Waals surface area (Å²) in [5.41, 5.74) is 4.60. The van der Waals surface area contributed by atoms with E-state index >= 15 is 0 Å². The largest absolute Gasteiger partial charge is 0.383 e. The zero-order valence-corrected chi connectivity index (χ0v) is 18.4. The van der Waals surface area contributed by atoms with Crippen LogP contribution >= 0.6 is 0 Å². The molecule has 0 aliphatic carbocycles. The Balaban J connectivity index is 1.64. The van der Waals surface area contributed by atoms with E-state index in [1.807, 2.05) is 61.2 Å². The number of likely N-dealkylation sites (tertiary alicyclic amines) is 1. The first-order valence-corrected chi connectivity index (χ1v) is 10.9. The summed E-state index contributed by atoms with van der Waals surface area (Å²) >= 11 is 0. The van der Waals surface area contributed by atoms with Crippen LogP contribution in [0.1, 0.15) is 28.4 Å². The van der Waals surface area contributed by atoms with Crippen molar-refractivity contribution in [3.63, 3.8) is 0 Å². The highest BCUT2D eigenvalue weighted by atomic mass is 16.5. The fraction of sp³-hybridized carbons (Fsp3) is 0.346. The molecule has 0 radical (unpaired) electrons. The van der Waals surface area contributed by atoms with Crippen molar-refractivity contribution >= 4 is 28.9 Å². The topological polar surface area (TPSA) is 66.9 Å². The summed E-state index contributed by atoms with van der Waals surface area (Å²) in [7, 11) is 1.54. The van der Waals surface area contributed by atoms with E-state index in [0.717, 1.165) is 22.4 Å². The number of carbonyl (C=O) groups is 3. The quantitative estimate of drug-likeness (QED) is 0.539. The molecule has 32 heavy (non-hydrogen) atoms. The van der Waals surface area contributed by atoms with Crippen LogP contribution in [0.25, 0.3) is 5.57 Å². The summed E-state index contributed by atoms with van der Waals surface area (Å²) in [5, 5.41) is 0. The number of aryl methyl sites for hydroxylation is 1. The maximum Gasteiger partial charge on any atom is 0.235 e. The first-order chi connectivity index (χ1) is 15.4. The molecule has 2 aromatic carbocycles. The van der Waals surface area contributed by atoms with Gasteiger partial charge in [-0.1, -0.05) is 54.1 Å². The summed E-state index contributed by atoms with van der Waals surface area (Å²) in [6.07, 6.45) is 2.05. The highest BCUT2D eigenvalue weighted by molar-refractivity contribution is 6.14. The molecule has 0 unspecified atom stereocenters. The highest BCUT2D eigenvalue weighted by Gasteiger charge is 2.64. The average Bonchev–Trinajstić information content (AvgIpc) is 3.25. The molecule has 2 saturated heterocycles. The number of benzene rings is 2. The molecule has 6 nitrogen and oxygen atoms in total. The van der Waals surface area contributed by atoms with Gasteiger partial charge in [-0.15, -0.1) is 0 Å². The van der Waals surface area contributed by atoms with Gasteiger partial charge in [-0.05, 0) is 25.5 Å². The number of imide groups is 1. The fourth-order valence-electron chi connectivity index (χ4n) is 5.45. The number of fused-ring (bicyclic) bond motifs is 5. The van der Waals surface area contributed by atoms with E-state index < -0.39 is 17.9 Å². The van der Waals surface area contributed by atoms with Gasteiger partial charge < -0.3 is 9.64 Å². The minimum absolute atomic E-state index is 0.125. The molecule has 0 aromatic heterocycles. The van der Waals surface area contributed by atoms with Crippen LogP contribution in [0.4, 0.5) is 5.69 Å². The van der Waals surface area contributed by atoms with Crippen LogP contribution in [0, 0.1) is 18.8 Å². The maximum atomic E-state index is 13.9. The SMILES string of the molecule is COCCN1C(=O)[C@@H]2[C@H](C1=O)[C@H]1C=C(C)c3ccccc3N1[C@@H]2C(=O)c1ccc(C)cc1. The van der Waals surface area contributed by atoms with Crippen LogP contribution in [-0.4, -0.2) is 54.8 Å². The molecule has 2 fully saturated rings. The minimum atomic E-state index is -0.734. The molecule has 6 heteroatoms. The van der Waals surface area contributed by atoms with Gasteiger partial charge in [0.1, 0.15) is 6.04 Å². The van der Waals surface area contributed by atoms with Gasteiger partial charge in [0.15, 0.2) is 5.78 Å². The third-order valence-electron chi connectivity index (χ3n) is 6.97. The molecule has 164 valence electrons. The van der Waals surface area contributed by atoms with E-state index in [9.17, 15) is 14.4 Å². The Morgan fingerprint density at radius 1 is 0.969 bits per heavy atom. The number of amides is 2. The molecule has 3 heterocycles. The Hall–Kier alpha value is -3.25. The lowest BCUT2D eigenvalue weighted by atomic mass is 9.85. The summed E-state index contributed by atoms with van der Waals surface area (Å²) in [5.74, 6) is -1.91. The molecular formula is C26H26N2O4. The predicted molar refractivity (Wildman–Crippen MR) is 121 cm³/mol. The Bertz CT molecular complexity index is 1140. The van der Waals surface area contributed by atoms with Gasteiger partial charge in [0.2, 0.25) is 11.8 Å². The van der Waals surface area contributed by atoms with E-state index in [1.165, 1.54) is 4.90 Å². The number of ketones is 1. The van der Waals surface area contributed by atoms with Gasteiger partial charge in [-0.2, -0.15) is 0 Å². The molecule has 2 aromatic rings. The standard InChI is InChI=1S/C26H26N2O4/c1-15-8-10-17(11-9-15)24(29)23-22-21(25(30)27(26(22)31)12-13-32-3)20-14-16(2)18-6-4-5-7-19(18)28(20)23/h4-11,14,20-23H,12-13H2,1-3H3/t20-,21-,22-,23+/m1/s1. The smallest absolute Gasteiger partial charge is 0.235 e. The third kappa shape index (κ3) is 2.93. The molecule has 3 aliphatic rings. The van der Waals surface area contributed by atoms with Gasteiger partial charge in [-0.3, -0.25) is 19.3 Å². The second-order valence-electron chi connectivity index (χ2n) is 8.81. The van der Waals surface area contributed by atoms with Gasteiger partial charge in [-0.25, -0.2) is 0 Å². The molecule has 2 amide bonds. The van der Waals surface area contributed by atoms with E-state index in [4.69, 9.17) is 4.74 Å². The number of para-hydroxylation sites is 1. The lowest BCUT2D eigenvalue weighted by Gasteiger charge is -2.38. The van der Waals surface area contributed by atoms with Crippen LogP contribution in [0.3, 0.4) is 0 Å². The van der Waals surface area contributed by atoms with Gasteiger partial charge >= 0.3 is 0 Å². The molecule has 0 saturated carbocycles. The van der Waals surface area contributed by atoms with Crippen molar-refractivity contribution in [2.45, 2.75) is 25.9 Å².